The van der Waals surface area contributed by atoms with Crippen molar-refractivity contribution in [3.05, 3.63) is 35.4 Å². The molecule has 1 aliphatic heterocycles. The molecular weight excluding hydrogens is 302 g/mol. The predicted octanol–water partition coefficient (Wildman–Crippen LogP) is 2.61. The predicted molar refractivity (Wildman–Crippen MR) is 96.1 cm³/mol. The van der Waals surface area contributed by atoms with Gasteiger partial charge in [0.25, 0.3) is 0 Å². The van der Waals surface area contributed by atoms with Crippen LogP contribution in [0, 0.1) is 0 Å². The number of nitrogens with one attached hydrogen (secondary N) is 1. The molecule has 0 spiro atoms. The average molecular weight is 331 g/mol. The SMILES string of the molecule is CC(C)NC(=O)N1CCN(C(=O)Cc2ccc(C(C)C)cc2)CC1. The van der Waals surface area contributed by atoms with E-state index < -0.39 is 0 Å². The number of hydrogen-bond acceptors (Lipinski definition) is 2. The summed E-state index contributed by atoms with van der Waals surface area (Å²) >= 11 is 0. The molecule has 5 nitrogen and oxygen atoms in total. The van der Waals surface area contributed by atoms with E-state index >= 15 is 0 Å². The number of amides is 3. The van der Waals surface area contributed by atoms with Crippen molar-refractivity contribution in [2.24, 2.45) is 0 Å². The number of carbonyl (C=O) groups is 2. The molecule has 24 heavy (non-hydrogen) atoms. The zero-order chi connectivity index (χ0) is 17.7. The van der Waals surface area contributed by atoms with Crippen molar-refractivity contribution >= 4 is 11.9 Å². The Morgan fingerprint density at radius 1 is 0.958 bits per heavy atom. The molecule has 0 atom stereocenters. The highest BCUT2D eigenvalue weighted by Gasteiger charge is 2.24. The Labute approximate surface area is 145 Å². The third-order valence-electron chi connectivity index (χ3n) is 4.33. The highest BCUT2D eigenvalue weighted by molar-refractivity contribution is 5.79. The summed E-state index contributed by atoms with van der Waals surface area (Å²) in [6.45, 7) is 10.6. The Balaban J connectivity index is 1.83. The molecule has 0 aromatic heterocycles. The number of nitrogens with zero attached hydrogens (tertiary/aromatic N) is 2. The lowest BCUT2D eigenvalue weighted by atomic mass is 10.0. The lowest BCUT2D eigenvalue weighted by molar-refractivity contribution is -0.131. The first-order valence-electron chi connectivity index (χ1n) is 8.79. The fourth-order valence-electron chi connectivity index (χ4n) is 2.80. The number of hydrogen-bond donors (Lipinski definition) is 1. The van der Waals surface area contributed by atoms with Gasteiger partial charge >= 0.3 is 6.03 Å². The van der Waals surface area contributed by atoms with Crippen molar-refractivity contribution in [1.82, 2.24) is 15.1 Å². The van der Waals surface area contributed by atoms with Crippen LogP contribution in [0.25, 0.3) is 0 Å². The molecule has 0 aliphatic carbocycles. The fraction of sp³-hybridized carbons (Fsp3) is 0.579. The quantitative estimate of drug-likeness (QED) is 0.922. The minimum Gasteiger partial charge on any atom is -0.339 e. The van der Waals surface area contributed by atoms with E-state index in [1.165, 1.54) is 5.56 Å². The number of urea groups is 1. The summed E-state index contributed by atoms with van der Waals surface area (Å²) in [5.74, 6) is 0.635. The first kappa shape index (κ1) is 18.3. The Hall–Kier alpha value is -2.04. The molecule has 1 aliphatic rings. The van der Waals surface area contributed by atoms with Gasteiger partial charge in [0.2, 0.25) is 5.91 Å². The summed E-state index contributed by atoms with van der Waals surface area (Å²) in [7, 11) is 0. The number of piperazine rings is 1. The molecule has 5 heteroatoms. The molecule has 1 fully saturated rings. The maximum atomic E-state index is 12.4. The second-order valence-corrected chi connectivity index (χ2v) is 7.05. The number of carbonyl (C=O) groups excluding carboxylic acids is 2. The number of benzene rings is 1. The van der Waals surface area contributed by atoms with Crippen molar-refractivity contribution in [3.8, 4) is 0 Å². The third-order valence-corrected chi connectivity index (χ3v) is 4.33. The van der Waals surface area contributed by atoms with Crippen molar-refractivity contribution in [3.63, 3.8) is 0 Å². The smallest absolute Gasteiger partial charge is 0.317 e. The lowest BCUT2D eigenvalue weighted by Crippen LogP contribution is -2.54. The van der Waals surface area contributed by atoms with E-state index in [0.717, 1.165) is 5.56 Å². The summed E-state index contributed by atoms with van der Waals surface area (Å²) < 4.78 is 0. The van der Waals surface area contributed by atoms with Gasteiger partial charge in [-0.25, -0.2) is 4.79 Å². The first-order valence-corrected chi connectivity index (χ1v) is 8.79. The van der Waals surface area contributed by atoms with Gasteiger partial charge in [-0.1, -0.05) is 38.1 Å². The van der Waals surface area contributed by atoms with Gasteiger partial charge < -0.3 is 15.1 Å². The average Bonchev–Trinajstić information content (AvgIpc) is 2.54. The van der Waals surface area contributed by atoms with Gasteiger partial charge in [0, 0.05) is 32.2 Å². The highest BCUT2D eigenvalue weighted by Crippen LogP contribution is 2.15. The summed E-state index contributed by atoms with van der Waals surface area (Å²) in [6.07, 6.45) is 0.427. The van der Waals surface area contributed by atoms with Crippen LogP contribution >= 0.6 is 0 Å². The fourth-order valence-corrected chi connectivity index (χ4v) is 2.80. The molecule has 1 aromatic carbocycles. The van der Waals surface area contributed by atoms with Crippen molar-refractivity contribution < 1.29 is 9.59 Å². The van der Waals surface area contributed by atoms with Crippen LogP contribution in [0.4, 0.5) is 4.79 Å². The minimum absolute atomic E-state index is 0.0404. The Morgan fingerprint density at radius 3 is 2.00 bits per heavy atom. The van der Waals surface area contributed by atoms with Crippen molar-refractivity contribution in [2.75, 3.05) is 26.2 Å². The van der Waals surface area contributed by atoms with Gasteiger partial charge in [0.15, 0.2) is 0 Å². The molecule has 0 bridgehead atoms. The van der Waals surface area contributed by atoms with E-state index in [4.69, 9.17) is 0 Å². The van der Waals surface area contributed by atoms with Crippen LogP contribution in [-0.2, 0) is 11.2 Å². The second-order valence-electron chi connectivity index (χ2n) is 7.05. The van der Waals surface area contributed by atoms with E-state index in [-0.39, 0.29) is 18.0 Å². The lowest BCUT2D eigenvalue weighted by Gasteiger charge is -2.35. The van der Waals surface area contributed by atoms with E-state index in [2.05, 4.69) is 31.3 Å². The minimum atomic E-state index is -0.0404. The molecule has 1 heterocycles. The van der Waals surface area contributed by atoms with Crippen LogP contribution in [0.1, 0.15) is 44.7 Å². The van der Waals surface area contributed by atoms with Gasteiger partial charge in [0.05, 0.1) is 6.42 Å². The Kier molecular flexibility index (Phi) is 6.23. The molecule has 1 saturated heterocycles. The van der Waals surface area contributed by atoms with Gasteiger partial charge in [0.1, 0.15) is 0 Å². The molecule has 0 radical (unpaired) electrons. The Bertz CT molecular complexity index is 558. The molecule has 1 aromatic rings. The zero-order valence-corrected chi connectivity index (χ0v) is 15.2. The molecule has 0 saturated carbocycles. The zero-order valence-electron chi connectivity index (χ0n) is 15.2. The maximum Gasteiger partial charge on any atom is 0.317 e. The van der Waals surface area contributed by atoms with Gasteiger partial charge in [-0.2, -0.15) is 0 Å². The molecule has 2 rings (SSSR count). The summed E-state index contributed by atoms with van der Waals surface area (Å²) in [4.78, 5) is 28.1. The molecule has 1 N–H and O–H groups in total. The van der Waals surface area contributed by atoms with Crippen LogP contribution in [0.3, 0.4) is 0 Å². The van der Waals surface area contributed by atoms with Gasteiger partial charge in [-0.3, -0.25) is 4.79 Å². The van der Waals surface area contributed by atoms with Crippen molar-refractivity contribution in [2.45, 2.75) is 46.1 Å². The first-order chi connectivity index (χ1) is 11.4. The van der Waals surface area contributed by atoms with Crippen molar-refractivity contribution in [1.29, 1.82) is 0 Å². The standard InChI is InChI=1S/C19H29N3O2/c1-14(2)17-7-5-16(6-8-17)13-18(23)21-9-11-22(12-10-21)19(24)20-15(3)4/h5-8,14-15H,9-13H2,1-4H3,(H,20,24). The van der Waals surface area contributed by atoms with Gasteiger partial charge in [-0.05, 0) is 30.9 Å². The third kappa shape index (κ3) is 4.98. The second kappa shape index (κ2) is 8.18. The maximum absolute atomic E-state index is 12.4. The van der Waals surface area contributed by atoms with Crippen LogP contribution in [0.15, 0.2) is 24.3 Å². The summed E-state index contributed by atoms with van der Waals surface area (Å²) in [6, 6.07) is 8.37. The normalized spacial score (nSPS) is 15.1. The number of rotatable bonds is 4. The van der Waals surface area contributed by atoms with E-state index in [1.807, 2.05) is 30.9 Å². The van der Waals surface area contributed by atoms with Crippen LogP contribution in [0.2, 0.25) is 0 Å². The van der Waals surface area contributed by atoms with E-state index in [9.17, 15) is 9.59 Å². The Morgan fingerprint density at radius 2 is 1.50 bits per heavy atom. The van der Waals surface area contributed by atoms with Crippen LogP contribution < -0.4 is 5.32 Å². The summed E-state index contributed by atoms with van der Waals surface area (Å²) in [5, 5.41) is 2.89. The summed E-state index contributed by atoms with van der Waals surface area (Å²) in [5.41, 5.74) is 2.33. The van der Waals surface area contributed by atoms with Gasteiger partial charge in [-0.15, -0.1) is 0 Å². The molecule has 3 amide bonds. The monoisotopic (exact) mass is 331 g/mol. The molecule has 0 unspecified atom stereocenters. The van der Waals surface area contributed by atoms with E-state index in [0.29, 0.717) is 38.5 Å². The topological polar surface area (TPSA) is 52.7 Å². The van der Waals surface area contributed by atoms with Crippen LogP contribution in [-0.4, -0.2) is 54.0 Å². The highest BCUT2D eigenvalue weighted by atomic mass is 16.2. The molecular formula is C19H29N3O2. The van der Waals surface area contributed by atoms with E-state index in [1.54, 1.807) is 4.90 Å². The largest absolute Gasteiger partial charge is 0.339 e. The molecule has 132 valence electrons. The van der Waals surface area contributed by atoms with Crippen LogP contribution in [0.5, 0.6) is 0 Å².